The first-order valence-corrected chi connectivity index (χ1v) is 10.7. The maximum atomic E-state index is 12.7. The third kappa shape index (κ3) is 4.18. The highest BCUT2D eigenvalue weighted by Crippen LogP contribution is 2.37. The Morgan fingerprint density at radius 1 is 1.16 bits per heavy atom. The number of furan rings is 1. The van der Waals surface area contributed by atoms with Gasteiger partial charge in [-0.05, 0) is 55.5 Å². The number of hydrogen-bond donors (Lipinski definition) is 2. The van der Waals surface area contributed by atoms with Crippen LogP contribution < -0.4 is 5.32 Å². The van der Waals surface area contributed by atoms with E-state index >= 15 is 0 Å². The first-order chi connectivity index (χ1) is 15.5. The lowest BCUT2D eigenvalue weighted by molar-refractivity contribution is -0.112. The number of benzene rings is 1. The quantitative estimate of drug-likeness (QED) is 0.422. The minimum absolute atomic E-state index is 0.125. The largest absolute Gasteiger partial charge is 0.478 e. The Morgan fingerprint density at radius 2 is 1.97 bits per heavy atom. The second-order valence-electron chi connectivity index (χ2n) is 7.24. The zero-order valence-electron chi connectivity index (χ0n) is 16.8. The minimum atomic E-state index is -1.05. The highest BCUT2D eigenvalue weighted by Gasteiger charge is 2.23. The molecule has 2 N–H and O–H groups in total. The van der Waals surface area contributed by atoms with E-state index in [1.807, 2.05) is 6.07 Å². The number of anilines is 1. The minimum Gasteiger partial charge on any atom is -0.478 e. The van der Waals surface area contributed by atoms with Crippen molar-refractivity contribution in [1.29, 1.82) is 10.5 Å². The molecule has 1 amide bonds. The van der Waals surface area contributed by atoms with Crippen LogP contribution in [0, 0.1) is 22.7 Å². The van der Waals surface area contributed by atoms with E-state index in [4.69, 9.17) is 9.52 Å². The molecule has 0 bridgehead atoms. The molecule has 1 aliphatic rings. The fourth-order valence-corrected chi connectivity index (χ4v) is 4.86. The second kappa shape index (κ2) is 8.93. The van der Waals surface area contributed by atoms with Gasteiger partial charge in [0.2, 0.25) is 0 Å². The zero-order chi connectivity index (χ0) is 22.7. The zero-order valence-corrected chi connectivity index (χ0v) is 17.7. The molecule has 3 aromatic rings. The van der Waals surface area contributed by atoms with Crippen LogP contribution in [0.15, 0.2) is 46.4 Å². The number of carboxylic acid groups (broad SMARTS) is 1. The average molecular weight is 443 g/mol. The van der Waals surface area contributed by atoms with Crippen molar-refractivity contribution in [3.8, 4) is 23.5 Å². The van der Waals surface area contributed by atoms with Crippen LogP contribution in [-0.2, 0) is 17.6 Å². The van der Waals surface area contributed by atoms with Crippen molar-refractivity contribution >= 4 is 34.3 Å². The summed E-state index contributed by atoms with van der Waals surface area (Å²) in [4.78, 5) is 25.0. The van der Waals surface area contributed by atoms with Gasteiger partial charge in [-0.1, -0.05) is 12.1 Å². The molecular formula is C24H17N3O4S. The van der Waals surface area contributed by atoms with Gasteiger partial charge in [0.25, 0.3) is 5.91 Å². The molecule has 2 heterocycles. The number of carbonyl (C=O) groups is 2. The van der Waals surface area contributed by atoms with E-state index in [2.05, 4.69) is 11.4 Å². The van der Waals surface area contributed by atoms with Crippen molar-refractivity contribution in [2.24, 2.45) is 0 Å². The summed E-state index contributed by atoms with van der Waals surface area (Å²) >= 11 is 1.39. The Morgan fingerprint density at radius 3 is 2.72 bits per heavy atom. The highest BCUT2D eigenvalue weighted by molar-refractivity contribution is 7.16. The van der Waals surface area contributed by atoms with Crippen LogP contribution in [0.1, 0.15) is 45.0 Å². The molecule has 0 radical (unpaired) electrons. The van der Waals surface area contributed by atoms with Crippen LogP contribution in [0.3, 0.4) is 0 Å². The number of hydrogen-bond acceptors (Lipinski definition) is 6. The third-order valence-electron chi connectivity index (χ3n) is 5.18. The molecule has 1 aliphatic carbocycles. The van der Waals surface area contributed by atoms with Gasteiger partial charge in [0.15, 0.2) is 0 Å². The summed E-state index contributed by atoms with van der Waals surface area (Å²) in [6, 6.07) is 13.6. The summed E-state index contributed by atoms with van der Waals surface area (Å²) in [5.74, 6) is -0.976. The predicted octanol–water partition coefficient (Wildman–Crippen LogP) is 5.00. The van der Waals surface area contributed by atoms with Crippen LogP contribution in [0.5, 0.6) is 0 Å². The number of carbonyl (C=O) groups excluding carboxylic acids is 1. The van der Waals surface area contributed by atoms with Gasteiger partial charge in [0.05, 0.1) is 11.1 Å². The molecule has 7 nitrogen and oxygen atoms in total. The van der Waals surface area contributed by atoms with Crippen molar-refractivity contribution in [2.75, 3.05) is 5.32 Å². The number of aryl methyl sites for hydroxylation is 1. The number of amides is 1. The Balaban J connectivity index is 1.57. The van der Waals surface area contributed by atoms with Gasteiger partial charge < -0.3 is 14.8 Å². The van der Waals surface area contributed by atoms with E-state index in [1.165, 1.54) is 29.5 Å². The number of aromatic carboxylic acids is 1. The van der Waals surface area contributed by atoms with Gasteiger partial charge in [-0.2, -0.15) is 10.5 Å². The van der Waals surface area contributed by atoms with Crippen molar-refractivity contribution in [3.63, 3.8) is 0 Å². The Hall–Kier alpha value is -4.14. The number of nitriles is 2. The molecule has 0 saturated carbocycles. The summed E-state index contributed by atoms with van der Waals surface area (Å²) < 4.78 is 5.70. The molecule has 0 atom stereocenters. The maximum Gasteiger partial charge on any atom is 0.335 e. The lowest BCUT2D eigenvalue weighted by Gasteiger charge is -2.09. The Kier molecular flexibility index (Phi) is 5.89. The SMILES string of the molecule is N#C/C(=C\c1ccc(-c2cccc(C(=O)O)c2)o1)C(=O)Nc1sc2c(c1C#N)CCCC2. The van der Waals surface area contributed by atoms with Gasteiger partial charge in [-0.3, -0.25) is 4.79 Å². The second-order valence-corrected chi connectivity index (χ2v) is 8.34. The lowest BCUT2D eigenvalue weighted by Crippen LogP contribution is -2.13. The number of nitrogens with zero attached hydrogens (tertiary/aromatic N) is 2. The number of fused-ring (bicyclic) bond motifs is 1. The molecule has 1 aromatic carbocycles. The first-order valence-electron chi connectivity index (χ1n) is 9.91. The Labute approximate surface area is 187 Å². The number of nitrogens with one attached hydrogen (secondary N) is 1. The van der Waals surface area contributed by atoms with E-state index in [9.17, 15) is 20.1 Å². The van der Waals surface area contributed by atoms with Crippen LogP contribution in [0.25, 0.3) is 17.4 Å². The predicted molar refractivity (Wildman–Crippen MR) is 119 cm³/mol. The number of thiophene rings is 1. The van der Waals surface area contributed by atoms with E-state index in [0.29, 0.717) is 21.9 Å². The molecule has 4 rings (SSSR count). The standard InChI is InChI=1S/C24H17N3O4S/c25-12-16(22(28)27-23-19(13-26)18-6-1-2-7-21(18)32-23)11-17-8-9-20(31-17)14-4-3-5-15(10-14)24(29)30/h3-5,8-11H,1-2,6-7H2,(H,27,28)(H,29,30)/b16-11+. The third-order valence-corrected chi connectivity index (χ3v) is 6.39. The first kappa shape index (κ1) is 21.1. The van der Waals surface area contributed by atoms with E-state index in [1.54, 1.807) is 24.3 Å². The van der Waals surface area contributed by atoms with E-state index in [-0.39, 0.29) is 16.9 Å². The van der Waals surface area contributed by atoms with Crippen LogP contribution in [-0.4, -0.2) is 17.0 Å². The van der Waals surface area contributed by atoms with E-state index < -0.39 is 11.9 Å². The molecular weight excluding hydrogens is 426 g/mol. The van der Waals surface area contributed by atoms with Gasteiger partial charge in [0, 0.05) is 16.5 Å². The molecule has 0 fully saturated rings. The summed E-state index contributed by atoms with van der Waals surface area (Å²) in [5, 5.41) is 31.4. The number of carboxylic acids is 1. The van der Waals surface area contributed by atoms with Gasteiger partial charge in [-0.25, -0.2) is 4.79 Å². The summed E-state index contributed by atoms with van der Waals surface area (Å²) in [5.41, 5.74) is 2.01. The highest BCUT2D eigenvalue weighted by atomic mass is 32.1. The van der Waals surface area contributed by atoms with Crippen LogP contribution >= 0.6 is 11.3 Å². The van der Waals surface area contributed by atoms with E-state index in [0.717, 1.165) is 36.1 Å². The fourth-order valence-electron chi connectivity index (χ4n) is 3.62. The summed E-state index contributed by atoms with van der Waals surface area (Å²) in [6.45, 7) is 0. The lowest BCUT2D eigenvalue weighted by atomic mass is 9.96. The van der Waals surface area contributed by atoms with Crippen LogP contribution in [0.4, 0.5) is 5.00 Å². The smallest absolute Gasteiger partial charge is 0.335 e. The topological polar surface area (TPSA) is 127 Å². The molecule has 0 aliphatic heterocycles. The van der Waals surface area contributed by atoms with Crippen molar-refractivity contribution in [3.05, 3.63) is 69.3 Å². The molecule has 8 heteroatoms. The maximum absolute atomic E-state index is 12.7. The van der Waals surface area contributed by atoms with Crippen molar-refractivity contribution in [1.82, 2.24) is 0 Å². The van der Waals surface area contributed by atoms with Gasteiger partial charge in [-0.15, -0.1) is 11.3 Å². The van der Waals surface area contributed by atoms with Crippen LogP contribution in [0.2, 0.25) is 0 Å². The average Bonchev–Trinajstić information content (AvgIpc) is 3.41. The summed E-state index contributed by atoms with van der Waals surface area (Å²) in [6.07, 6.45) is 5.11. The molecule has 158 valence electrons. The normalized spacial score (nSPS) is 13.0. The van der Waals surface area contributed by atoms with Gasteiger partial charge >= 0.3 is 5.97 Å². The molecule has 32 heavy (non-hydrogen) atoms. The van der Waals surface area contributed by atoms with Crippen molar-refractivity contribution < 1.29 is 19.1 Å². The molecule has 0 saturated heterocycles. The Bertz CT molecular complexity index is 1330. The van der Waals surface area contributed by atoms with Crippen molar-refractivity contribution in [2.45, 2.75) is 25.7 Å². The molecule has 0 spiro atoms. The van der Waals surface area contributed by atoms with Gasteiger partial charge in [0.1, 0.15) is 34.2 Å². The fraction of sp³-hybridized carbons (Fsp3) is 0.167. The summed E-state index contributed by atoms with van der Waals surface area (Å²) in [7, 11) is 0. The number of rotatable bonds is 5. The molecule has 0 unspecified atom stereocenters. The monoisotopic (exact) mass is 443 g/mol. The molecule has 2 aromatic heterocycles.